The minimum Gasteiger partial charge on any atom is -0.493 e. The number of amides is 4. The summed E-state index contributed by atoms with van der Waals surface area (Å²) in [7, 11) is 2.97. The number of benzene rings is 1. The van der Waals surface area contributed by atoms with Gasteiger partial charge in [0.25, 0.3) is 0 Å². The maximum Gasteiger partial charge on any atom is 0.408 e. The summed E-state index contributed by atoms with van der Waals surface area (Å²) in [5.41, 5.74) is -1.20. The molecule has 4 N–H and O–H groups in total. The molecule has 1 aliphatic carbocycles. The van der Waals surface area contributed by atoms with E-state index in [0.717, 1.165) is 0 Å². The fourth-order valence-corrected chi connectivity index (χ4v) is 7.48. The van der Waals surface area contributed by atoms with Crippen molar-refractivity contribution < 1.29 is 48.0 Å². The molecular formula is C41H52N6O10S. The van der Waals surface area contributed by atoms with Gasteiger partial charge in [0.1, 0.15) is 46.3 Å². The highest BCUT2D eigenvalue weighted by atomic mass is 32.1. The first-order chi connectivity index (χ1) is 27.1. The van der Waals surface area contributed by atoms with E-state index in [1.807, 2.05) is 20.8 Å². The Morgan fingerprint density at radius 1 is 1.07 bits per heavy atom. The molecule has 4 amide bonds. The number of carboxylic acid groups (broad SMARTS) is 1. The van der Waals surface area contributed by atoms with E-state index in [1.165, 1.54) is 36.5 Å². The number of nitrogens with one attached hydrogen (secondary N) is 3. The summed E-state index contributed by atoms with van der Waals surface area (Å²) in [6, 6.07) is 2.61. The van der Waals surface area contributed by atoms with Gasteiger partial charge in [0.2, 0.25) is 17.7 Å². The highest BCUT2D eigenvalue weighted by molar-refractivity contribution is 7.14. The molecule has 0 unspecified atom stereocenters. The number of rotatable bonds is 14. The van der Waals surface area contributed by atoms with Gasteiger partial charge in [-0.15, -0.1) is 17.9 Å². The molecule has 16 nitrogen and oxygen atoms in total. The number of pyridine rings is 1. The molecular weight excluding hydrogens is 769 g/mol. The summed E-state index contributed by atoms with van der Waals surface area (Å²) in [6.07, 6.45) is 0.174. The van der Waals surface area contributed by atoms with Crippen LogP contribution in [-0.2, 0) is 23.9 Å². The number of anilines is 1. The predicted molar refractivity (Wildman–Crippen MR) is 218 cm³/mol. The van der Waals surface area contributed by atoms with E-state index in [4.69, 9.17) is 23.9 Å². The van der Waals surface area contributed by atoms with Crippen molar-refractivity contribution in [3.05, 3.63) is 48.4 Å². The number of carboxylic acids is 1. The van der Waals surface area contributed by atoms with Crippen LogP contribution in [0.4, 0.5) is 9.93 Å². The number of nitrogens with zero attached hydrogens (tertiary/aromatic N) is 3. The zero-order chi connectivity index (χ0) is 42.9. The second-order valence-corrected chi connectivity index (χ2v) is 17.6. The van der Waals surface area contributed by atoms with Crippen LogP contribution in [0.25, 0.3) is 22.3 Å². The summed E-state index contributed by atoms with van der Waals surface area (Å²) in [6.45, 7) is 20.0. The van der Waals surface area contributed by atoms with Crippen LogP contribution in [0.2, 0.25) is 0 Å². The summed E-state index contributed by atoms with van der Waals surface area (Å²) >= 11 is 1.23. The van der Waals surface area contributed by atoms with Crippen molar-refractivity contribution in [3.63, 3.8) is 0 Å². The third-order valence-electron chi connectivity index (χ3n) is 9.56. The van der Waals surface area contributed by atoms with E-state index < -0.39 is 59.1 Å². The Morgan fingerprint density at radius 3 is 2.34 bits per heavy atom. The van der Waals surface area contributed by atoms with Gasteiger partial charge in [0.05, 0.1) is 26.5 Å². The summed E-state index contributed by atoms with van der Waals surface area (Å²) in [5, 5.41) is 20.8. The molecule has 3 aromatic rings. The van der Waals surface area contributed by atoms with E-state index >= 15 is 0 Å². The number of thiazole rings is 1. The molecule has 3 heterocycles. The van der Waals surface area contributed by atoms with Gasteiger partial charge in [-0.1, -0.05) is 33.4 Å². The highest BCUT2D eigenvalue weighted by Crippen LogP contribution is 2.45. The third-order valence-corrected chi connectivity index (χ3v) is 10.3. The Bertz CT molecular complexity index is 2140. The number of hydrogen-bond acceptors (Lipinski definition) is 12. The van der Waals surface area contributed by atoms with Crippen LogP contribution in [0.15, 0.2) is 48.4 Å². The second-order valence-electron chi connectivity index (χ2n) is 16.7. The molecule has 5 atom stereocenters. The van der Waals surface area contributed by atoms with Gasteiger partial charge in [-0.2, -0.15) is 0 Å². The molecule has 1 saturated heterocycles. The van der Waals surface area contributed by atoms with E-state index in [1.54, 1.807) is 51.3 Å². The lowest BCUT2D eigenvalue weighted by Gasteiger charge is -2.30. The quantitative estimate of drug-likeness (QED) is 0.144. The minimum atomic E-state index is -1.57. The molecule has 5 rings (SSSR count). The lowest BCUT2D eigenvalue weighted by atomic mass is 9.92. The Hall–Kier alpha value is -5.71. The van der Waals surface area contributed by atoms with Crippen molar-refractivity contribution >= 4 is 57.2 Å². The number of methoxy groups -OCH3 is 2. The largest absolute Gasteiger partial charge is 0.493 e. The average molecular weight is 821 g/mol. The van der Waals surface area contributed by atoms with Crippen molar-refractivity contribution in [3.8, 4) is 28.6 Å². The van der Waals surface area contributed by atoms with Gasteiger partial charge in [0, 0.05) is 35.6 Å². The van der Waals surface area contributed by atoms with Crippen molar-refractivity contribution in [2.45, 2.75) is 97.1 Å². The molecule has 2 fully saturated rings. The first-order valence-electron chi connectivity index (χ1n) is 18.7. The zero-order valence-corrected chi connectivity index (χ0v) is 35.1. The van der Waals surface area contributed by atoms with Crippen LogP contribution in [0.5, 0.6) is 17.2 Å². The monoisotopic (exact) mass is 820 g/mol. The average Bonchev–Trinajstić information content (AvgIpc) is 3.40. The standard InChI is InChI=1S/C41H52N6O10S/c1-12-22-17-41(22,36(51)52)46-34(49)27-15-23(19-47(27)35(50)31(21(2)3)45-38(53)57-40(7,8)9)56-29-16-25(42-32-24(29)13-14-28(54-10)33(32)55-11)26-20-58-37(43-26)44-30(48)18-39(4,5)6/h12-14,16,20,22-23,27,31H,1-2,15,17-19H2,3-11H3,(H,45,53)(H,46,49)(H,51,52)(H,43,44,48)/t22-,23-,27+,31+,41-/m1/s1. The summed E-state index contributed by atoms with van der Waals surface area (Å²) in [4.78, 5) is 77.1. The van der Waals surface area contributed by atoms with Gasteiger partial charge in [-0.3, -0.25) is 14.4 Å². The van der Waals surface area contributed by atoms with Crippen molar-refractivity contribution in [1.82, 2.24) is 25.5 Å². The van der Waals surface area contributed by atoms with Crippen LogP contribution in [0, 0.1) is 11.3 Å². The Kier molecular flexibility index (Phi) is 12.5. The highest BCUT2D eigenvalue weighted by Gasteiger charge is 2.61. The molecule has 0 spiro atoms. The molecule has 1 saturated carbocycles. The number of carbonyl (C=O) groups is 5. The molecule has 1 aromatic carbocycles. The van der Waals surface area contributed by atoms with E-state index in [9.17, 15) is 29.1 Å². The van der Waals surface area contributed by atoms with Crippen molar-refractivity contribution in [2.75, 3.05) is 26.1 Å². The van der Waals surface area contributed by atoms with Gasteiger partial charge in [0.15, 0.2) is 16.6 Å². The van der Waals surface area contributed by atoms with Crippen LogP contribution in [0.1, 0.15) is 67.7 Å². The number of aliphatic carboxylic acids is 1. The lowest BCUT2D eigenvalue weighted by Crippen LogP contribution is -2.56. The molecule has 58 heavy (non-hydrogen) atoms. The van der Waals surface area contributed by atoms with Crippen LogP contribution >= 0.6 is 11.3 Å². The SMILES string of the molecule is C=C[C@@H]1C[C@]1(NC(=O)[C@@H]1C[C@@H](Oc2cc(-c3csc(NC(=O)CC(C)(C)C)n3)nc3c(OC)c(OC)ccc23)CN1C(=O)[C@@H](NC(=O)OC(C)(C)C)C(=C)C)C(=O)O. The number of fused-ring (bicyclic) bond motifs is 1. The van der Waals surface area contributed by atoms with Crippen LogP contribution in [-0.4, -0.2) is 99.9 Å². The Balaban J connectivity index is 1.53. The molecule has 2 aliphatic rings. The van der Waals surface area contributed by atoms with Crippen molar-refractivity contribution in [1.29, 1.82) is 0 Å². The van der Waals surface area contributed by atoms with E-state index in [0.29, 0.717) is 51.1 Å². The fraction of sp³-hybridized carbons (Fsp3) is 0.488. The summed E-state index contributed by atoms with van der Waals surface area (Å²) < 4.78 is 23.4. The normalized spacial score (nSPS) is 20.7. The van der Waals surface area contributed by atoms with Crippen LogP contribution < -0.4 is 30.2 Å². The molecule has 312 valence electrons. The van der Waals surface area contributed by atoms with Gasteiger partial charge in [-0.25, -0.2) is 19.6 Å². The maximum absolute atomic E-state index is 14.3. The van der Waals surface area contributed by atoms with Gasteiger partial charge < -0.3 is 44.9 Å². The van der Waals surface area contributed by atoms with Gasteiger partial charge in [-0.05, 0) is 57.2 Å². The number of likely N-dealkylation sites (tertiary alicyclic amines) is 1. The van der Waals surface area contributed by atoms with Gasteiger partial charge >= 0.3 is 12.1 Å². The number of hydrogen-bond donors (Lipinski definition) is 4. The summed E-state index contributed by atoms with van der Waals surface area (Å²) in [5.74, 6) is -2.25. The second kappa shape index (κ2) is 16.6. The van der Waals surface area contributed by atoms with Crippen molar-refractivity contribution in [2.24, 2.45) is 11.3 Å². The number of carbonyl (C=O) groups excluding carboxylic acids is 4. The van der Waals surface area contributed by atoms with E-state index in [2.05, 4.69) is 34.1 Å². The lowest BCUT2D eigenvalue weighted by molar-refractivity contribution is -0.145. The molecule has 0 bridgehead atoms. The molecule has 1 aliphatic heterocycles. The Labute approximate surface area is 341 Å². The van der Waals surface area contributed by atoms with E-state index in [-0.39, 0.29) is 36.3 Å². The molecule has 2 aromatic heterocycles. The maximum atomic E-state index is 14.3. The topological polar surface area (TPSA) is 208 Å². The first kappa shape index (κ1) is 43.4. The predicted octanol–water partition coefficient (Wildman–Crippen LogP) is 5.71. The third kappa shape index (κ3) is 9.69. The number of aromatic nitrogens is 2. The minimum absolute atomic E-state index is 0.0471. The Morgan fingerprint density at radius 2 is 1.78 bits per heavy atom. The smallest absolute Gasteiger partial charge is 0.408 e. The first-order valence-corrected chi connectivity index (χ1v) is 19.6. The van der Waals surface area contributed by atoms with Crippen LogP contribution in [0.3, 0.4) is 0 Å². The molecule has 17 heteroatoms. The number of alkyl carbamates (subject to hydrolysis) is 1. The fourth-order valence-electron chi connectivity index (χ4n) is 6.76. The zero-order valence-electron chi connectivity index (χ0n) is 34.3. The molecule has 0 radical (unpaired) electrons. The number of ether oxygens (including phenoxy) is 4.